The Balaban J connectivity index is 4.25. The second kappa shape index (κ2) is 52.7. The molecule has 0 aromatic carbocycles. The monoisotopic (exact) mass is 865 g/mol. The summed E-state index contributed by atoms with van der Waals surface area (Å²) < 4.78 is 17.4. The van der Waals surface area contributed by atoms with Crippen LogP contribution in [0.4, 0.5) is 0 Å². The van der Waals surface area contributed by atoms with Crippen LogP contribution >= 0.6 is 0 Å². The van der Waals surface area contributed by atoms with Crippen molar-refractivity contribution in [1.82, 2.24) is 0 Å². The molecule has 5 heteroatoms. The highest BCUT2D eigenvalue weighted by Gasteiger charge is 2.17. The third-order valence-corrected chi connectivity index (χ3v) is 11.2. The number of rotatable bonds is 48. The summed E-state index contributed by atoms with van der Waals surface area (Å²) in [7, 11) is 0. The van der Waals surface area contributed by atoms with Gasteiger partial charge in [0.05, 0.1) is 6.61 Å². The van der Waals surface area contributed by atoms with Crippen LogP contribution in [-0.2, 0) is 23.8 Å². The van der Waals surface area contributed by atoms with Crippen molar-refractivity contribution in [2.45, 2.75) is 258 Å². The first kappa shape index (κ1) is 59.3. The van der Waals surface area contributed by atoms with Gasteiger partial charge in [-0.05, 0) is 103 Å². The van der Waals surface area contributed by atoms with E-state index in [9.17, 15) is 9.59 Å². The van der Waals surface area contributed by atoms with Gasteiger partial charge in [0.1, 0.15) is 6.61 Å². The van der Waals surface area contributed by atoms with Gasteiger partial charge in [-0.25, -0.2) is 0 Å². The van der Waals surface area contributed by atoms with Crippen molar-refractivity contribution in [3.63, 3.8) is 0 Å². The van der Waals surface area contributed by atoms with Gasteiger partial charge in [-0.3, -0.25) is 9.59 Å². The lowest BCUT2D eigenvalue weighted by Gasteiger charge is -2.18. The zero-order valence-corrected chi connectivity index (χ0v) is 41.1. The highest BCUT2D eigenvalue weighted by atomic mass is 16.6. The van der Waals surface area contributed by atoms with Gasteiger partial charge in [0, 0.05) is 19.4 Å². The molecule has 0 radical (unpaired) electrons. The van der Waals surface area contributed by atoms with E-state index in [1.807, 2.05) is 0 Å². The van der Waals surface area contributed by atoms with E-state index in [-0.39, 0.29) is 25.2 Å². The molecule has 0 aromatic rings. The first-order chi connectivity index (χ1) is 30.6. The van der Waals surface area contributed by atoms with Crippen LogP contribution < -0.4 is 0 Å². The second-order valence-electron chi connectivity index (χ2n) is 17.4. The lowest BCUT2D eigenvalue weighted by atomic mass is 10.1. The summed E-state index contributed by atoms with van der Waals surface area (Å²) in [6.45, 7) is 7.64. The maximum absolute atomic E-state index is 12.8. The minimum Gasteiger partial charge on any atom is -0.462 e. The van der Waals surface area contributed by atoms with Crippen LogP contribution in [0.15, 0.2) is 72.9 Å². The van der Waals surface area contributed by atoms with Gasteiger partial charge >= 0.3 is 11.9 Å². The molecule has 0 aliphatic carbocycles. The Labute approximate surface area is 385 Å². The Hall–Kier alpha value is -2.66. The zero-order chi connectivity index (χ0) is 44.9. The molecule has 358 valence electrons. The molecule has 0 heterocycles. The fourth-order valence-electron chi connectivity index (χ4n) is 7.24. The highest BCUT2D eigenvalue weighted by Crippen LogP contribution is 2.14. The fourth-order valence-corrected chi connectivity index (χ4v) is 7.24. The predicted molar refractivity (Wildman–Crippen MR) is 270 cm³/mol. The van der Waals surface area contributed by atoms with Crippen molar-refractivity contribution in [3.05, 3.63) is 72.9 Å². The predicted octanol–water partition coefficient (Wildman–Crippen LogP) is 17.9. The Bertz CT molecular complexity index is 1110. The fraction of sp³-hybridized carbons (Fsp3) is 0.754. The van der Waals surface area contributed by atoms with E-state index in [0.717, 1.165) is 83.5 Å². The Morgan fingerprint density at radius 1 is 0.371 bits per heavy atom. The lowest BCUT2D eigenvalue weighted by molar-refractivity contribution is -0.163. The summed E-state index contributed by atoms with van der Waals surface area (Å²) >= 11 is 0. The van der Waals surface area contributed by atoms with Crippen LogP contribution in [0.25, 0.3) is 0 Å². The van der Waals surface area contributed by atoms with E-state index in [1.165, 1.54) is 135 Å². The van der Waals surface area contributed by atoms with E-state index in [2.05, 4.69) is 93.7 Å². The van der Waals surface area contributed by atoms with Crippen molar-refractivity contribution < 1.29 is 23.8 Å². The standard InChI is InChI=1S/C57H100O5/c1-4-7-10-13-16-19-22-24-26-28-30-32-34-37-40-43-46-49-52-60-53-55(62-57(59)51-48-45-42-39-35-21-18-15-12-9-6-3)54-61-56(58)50-47-44-41-38-36-33-31-29-27-25-23-20-17-14-11-8-5-2/h7,10,15-20,24-27,55H,4-6,8-9,11-14,21-23,28-54H2,1-3H3/b10-7-,18-15-,19-16-,20-17-,26-24-,27-25-. The number of unbranched alkanes of at least 4 members (excludes halogenated alkanes) is 25. The lowest BCUT2D eigenvalue weighted by Crippen LogP contribution is -2.30. The van der Waals surface area contributed by atoms with Gasteiger partial charge in [-0.2, -0.15) is 0 Å². The topological polar surface area (TPSA) is 61.8 Å². The normalized spacial score (nSPS) is 12.8. The average molecular weight is 865 g/mol. The largest absolute Gasteiger partial charge is 0.462 e. The first-order valence-corrected chi connectivity index (χ1v) is 26.5. The van der Waals surface area contributed by atoms with Crippen molar-refractivity contribution in [2.75, 3.05) is 19.8 Å². The number of hydrogen-bond acceptors (Lipinski definition) is 5. The quantitative estimate of drug-likeness (QED) is 0.0346. The first-order valence-electron chi connectivity index (χ1n) is 26.5. The average Bonchev–Trinajstić information content (AvgIpc) is 3.27. The maximum Gasteiger partial charge on any atom is 0.306 e. The summed E-state index contributed by atoms with van der Waals surface area (Å²) in [5, 5.41) is 0. The summed E-state index contributed by atoms with van der Waals surface area (Å²) in [5.41, 5.74) is 0. The molecule has 0 N–H and O–H groups in total. The Morgan fingerprint density at radius 2 is 0.742 bits per heavy atom. The summed E-state index contributed by atoms with van der Waals surface area (Å²) in [4.78, 5) is 25.4. The van der Waals surface area contributed by atoms with E-state index in [0.29, 0.717) is 19.4 Å². The Kier molecular flexibility index (Phi) is 50.4. The molecule has 1 unspecified atom stereocenters. The van der Waals surface area contributed by atoms with Gasteiger partial charge in [0.25, 0.3) is 0 Å². The second-order valence-corrected chi connectivity index (χ2v) is 17.4. The highest BCUT2D eigenvalue weighted by molar-refractivity contribution is 5.70. The molecule has 0 aromatic heterocycles. The van der Waals surface area contributed by atoms with Crippen LogP contribution in [0, 0.1) is 0 Å². The molecule has 0 fully saturated rings. The smallest absolute Gasteiger partial charge is 0.306 e. The van der Waals surface area contributed by atoms with E-state index in [4.69, 9.17) is 14.2 Å². The zero-order valence-electron chi connectivity index (χ0n) is 41.1. The van der Waals surface area contributed by atoms with Crippen LogP contribution in [-0.4, -0.2) is 37.9 Å². The van der Waals surface area contributed by atoms with Gasteiger partial charge in [0.2, 0.25) is 0 Å². The summed E-state index contributed by atoms with van der Waals surface area (Å²) in [6, 6.07) is 0. The molecule has 0 bridgehead atoms. The minimum absolute atomic E-state index is 0.0732. The molecular formula is C57H100O5. The SMILES string of the molecule is CC/C=C\C/C=C\C/C=C\CCCCCCCCCCOCC(COC(=O)CCCCCCCCC/C=C\C/C=C\CCCCC)OC(=O)CCCCCCC/C=C\CCCC. The molecule has 62 heavy (non-hydrogen) atoms. The van der Waals surface area contributed by atoms with Gasteiger partial charge in [-0.1, -0.05) is 209 Å². The number of carbonyl (C=O) groups is 2. The summed E-state index contributed by atoms with van der Waals surface area (Å²) in [6.07, 6.45) is 67.7. The summed E-state index contributed by atoms with van der Waals surface area (Å²) in [5.74, 6) is -0.418. The molecule has 0 spiro atoms. The molecule has 0 amide bonds. The van der Waals surface area contributed by atoms with Crippen molar-refractivity contribution in [2.24, 2.45) is 0 Å². The molecule has 5 nitrogen and oxygen atoms in total. The Morgan fingerprint density at radius 3 is 1.23 bits per heavy atom. The van der Waals surface area contributed by atoms with Crippen molar-refractivity contribution in [3.8, 4) is 0 Å². The maximum atomic E-state index is 12.8. The van der Waals surface area contributed by atoms with Crippen molar-refractivity contribution in [1.29, 1.82) is 0 Å². The molecule has 0 aliphatic rings. The molecular weight excluding hydrogens is 765 g/mol. The number of hydrogen-bond donors (Lipinski definition) is 0. The number of esters is 2. The molecule has 0 saturated heterocycles. The third kappa shape index (κ3) is 50.0. The molecule has 0 rings (SSSR count). The van der Waals surface area contributed by atoms with Crippen LogP contribution in [0.2, 0.25) is 0 Å². The molecule has 1 atom stereocenters. The van der Waals surface area contributed by atoms with Gasteiger partial charge < -0.3 is 14.2 Å². The molecule has 0 saturated carbocycles. The van der Waals surface area contributed by atoms with Crippen LogP contribution in [0.5, 0.6) is 0 Å². The van der Waals surface area contributed by atoms with E-state index < -0.39 is 6.10 Å². The van der Waals surface area contributed by atoms with Crippen LogP contribution in [0.3, 0.4) is 0 Å². The van der Waals surface area contributed by atoms with E-state index >= 15 is 0 Å². The number of allylic oxidation sites excluding steroid dienone is 12. The van der Waals surface area contributed by atoms with Crippen LogP contribution in [0.1, 0.15) is 252 Å². The van der Waals surface area contributed by atoms with Crippen molar-refractivity contribution >= 4 is 11.9 Å². The number of ether oxygens (including phenoxy) is 3. The van der Waals surface area contributed by atoms with E-state index in [1.54, 1.807) is 0 Å². The number of carbonyl (C=O) groups excluding carboxylic acids is 2. The van der Waals surface area contributed by atoms with Gasteiger partial charge in [0.15, 0.2) is 6.10 Å². The van der Waals surface area contributed by atoms with Gasteiger partial charge in [-0.15, -0.1) is 0 Å². The molecule has 0 aliphatic heterocycles. The minimum atomic E-state index is -0.549. The third-order valence-electron chi connectivity index (χ3n) is 11.2.